The Morgan fingerprint density at radius 1 is 0.833 bits per heavy atom. The molecule has 0 saturated heterocycles. The minimum absolute atomic E-state index is 0.299. The van der Waals surface area contributed by atoms with Crippen molar-refractivity contribution in [3.8, 4) is 11.5 Å². The first-order chi connectivity index (χ1) is 17.7. The maximum Gasteiger partial charge on any atom is 0.331 e. The van der Waals surface area contributed by atoms with Crippen molar-refractivity contribution >= 4 is 22.8 Å². The Morgan fingerprint density at radius 2 is 1.44 bits per heavy atom. The van der Waals surface area contributed by atoms with Crippen molar-refractivity contribution < 1.29 is 13.9 Å². The maximum atomic E-state index is 13.0. The summed E-state index contributed by atoms with van der Waals surface area (Å²) >= 11 is 0. The second kappa shape index (κ2) is 10.8. The summed E-state index contributed by atoms with van der Waals surface area (Å²) in [6, 6.07) is 34.7. The van der Waals surface area contributed by atoms with E-state index < -0.39 is 6.04 Å². The number of aromatic nitrogens is 1. The van der Waals surface area contributed by atoms with Crippen LogP contribution in [0.5, 0.6) is 0 Å². The van der Waals surface area contributed by atoms with Crippen molar-refractivity contribution in [2.75, 3.05) is 6.61 Å². The number of rotatable bonds is 8. The molecule has 0 spiro atoms. The van der Waals surface area contributed by atoms with E-state index in [-0.39, 0.29) is 5.97 Å². The Bertz CT molecular complexity index is 1400. The van der Waals surface area contributed by atoms with Gasteiger partial charge < -0.3 is 9.15 Å². The van der Waals surface area contributed by atoms with E-state index in [4.69, 9.17) is 14.1 Å². The Hall–Kier alpha value is -4.51. The fourth-order valence-electron chi connectivity index (χ4n) is 4.09. The topological polar surface area (TPSA) is 64.7 Å². The van der Waals surface area contributed by atoms with Gasteiger partial charge in [-0.05, 0) is 36.8 Å². The molecular weight excluding hydrogens is 448 g/mol. The Balaban J connectivity index is 1.46. The highest BCUT2D eigenvalue weighted by Gasteiger charge is 2.22. The summed E-state index contributed by atoms with van der Waals surface area (Å²) in [7, 11) is 0. The van der Waals surface area contributed by atoms with Crippen LogP contribution in [0.4, 0.5) is 0 Å². The van der Waals surface area contributed by atoms with Gasteiger partial charge in [-0.1, -0.05) is 84.9 Å². The SMILES string of the molecule is CCOC(=O)C(Cc1ccc(-c2nc3ccccc3o2)cc1)N=C(c1ccccc1)c1ccccc1. The molecule has 4 aromatic carbocycles. The number of aliphatic imine (C=N–C) groups is 1. The van der Waals surface area contributed by atoms with Gasteiger partial charge in [-0.15, -0.1) is 0 Å². The van der Waals surface area contributed by atoms with Gasteiger partial charge in [0, 0.05) is 23.1 Å². The molecule has 1 heterocycles. The van der Waals surface area contributed by atoms with Gasteiger partial charge in [0.25, 0.3) is 0 Å². The summed E-state index contributed by atoms with van der Waals surface area (Å²) in [5.41, 5.74) is 6.08. The summed E-state index contributed by atoms with van der Waals surface area (Å²) in [5.74, 6) is 0.225. The lowest BCUT2D eigenvalue weighted by atomic mass is 10.00. The molecule has 0 amide bonds. The molecule has 0 N–H and O–H groups in total. The maximum absolute atomic E-state index is 13.0. The van der Waals surface area contributed by atoms with Crippen molar-refractivity contribution in [2.45, 2.75) is 19.4 Å². The molecule has 5 rings (SSSR count). The third-order valence-electron chi connectivity index (χ3n) is 5.86. The van der Waals surface area contributed by atoms with Gasteiger partial charge >= 0.3 is 5.97 Å². The fraction of sp³-hybridized carbons (Fsp3) is 0.129. The highest BCUT2D eigenvalue weighted by molar-refractivity contribution is 6.13. The molecule has 0 fully saturated rings. The zero-order chi connectivity index (χ0) is 24.7. The Morgan fingerprint density at radius 3 is 2.06 bits per heavy atom. The largest absolute Gasteiger partial charge is 0.464 e. The lowest BCUT2D eigenvalue weighted by molar-refractivity contribution is -0.144. The van der Waals surface area contributed by atoms with Crippen LogP contribution in [0.1, 0.15) is 23.6 Å². The number of esters is 1. The van der Waals surface area contributed by atoms with Crippen LogP contribution in [-0.2, 0) is 16.0 Å². The van der Waals surface area contributed by atoms with E-state index >= 15 is 0 Å². The summed E-state index contributed by atoms with van der Waals surface area (Å²) < 4.78 is 11.3. The van der Waals surface area contributed by atoms with E-state index in [1.165, 1.54) is 0 Å². The first-order valence-corrected chi connectivity index (χ1v) is 12.0. The third-order valence-corrected chi connectivity index (χ3v) is 5.86. The molecule has 0 aliphatic carbocycles. The molecule has 1 aromatic heterocycles. The number of nitrogens with zero attached hydrogens (tertiary/aromatic N) is 2. The quantitative estimate of drug-likeness (QED) is 0.190. The molecule has 0 aliphatic heterocycles. The minimum Gasteiger partial charge on any atom is -0.464 e. The molecule has 0 bridgehead atoms. The van der Waals surface area contributed by atoms with Crippen LogP contribution in [0, 0.1) is 0 Å². The first-order valence-electron chi connectivity index (χ1n) is 12.0. The van der Waals surface area contributed by atoms with Crippen molar-refractivity contribution in [1.82, 2.24) is 4.98 Å². The van der Waals surface area contributed by atoms with Gasteiger partial charge in [0.1, 0.15) is 5.52 Å². The molecule has 0 saturated carbocycles. The molecule has 178 valence electrons. The van der Waals surface area contributed by atoms with E-state index in [9.17, 15) is 4.79 Å². The number of para-hydroxylation sites is 2. The average Bonchev–Trinajstić information content (AvgIpc) is 3.37. The van der Waals surface area contributed by atoms with Crippen LogP contribution < -0.4 is 0 Å². The Kier molecular flexibility index (Phi) is 6.99. The number of hydrogen-bond acceptors (Lipinski definition) is 5. The van der Waals surface area contributed by atoms with Gasteiger partial charge in [0.15, 0.2) is 11.6 Å². The number of carbonyl (C=O) groups is 1. The smallest absolute Gasteiger partial charge is 0.331 e. The second-order valence-electron chi connectivity index (χ2n) is 8.37. The number of fused-ring (bicyclic) bond motifs is 1. The van der Waals surface area contributed by atoms with Crippen LogP contribution in [0.2, 0.25) is 0 Å². The third kappa shape index (κ3) is 5.26. The predicted molar refractivity (Wildman–Crippen MR) is 142 cm³/mol. The standard InChI is InChI=1S/C31H26N2O3/c1-2-35-31(34)27(32-29(23-11-5-3-6-12-23)24-13-7-4-8-14-24)21-22-17-19-25(20-18-22)30-33-26-15-9-10-16-28(26)36-30/h3-20,27H,2,21H2,1H3. The zero-order valence-corrected chi connectivity index (χ0v) is 20.0. The average molecular weight is 475 g/mol. The van der Waals surface area contributed by atoms with Crippen molar-refractivity contribution in [2.24, 2.45) is 4.99 Å². The fourth-order valence-corrected chi connectivity index (χ4v) is 4.09. The molecule has 1 unspecified atom stereocenters. The molecule has 5 heteroatoms. The van der Waals surface area contributed by atoms with Gasteiger partial charge in [-0.2, -0.15) is 0 Å². The normalized spacial score (nSPS) is 11.7. The van der Waals surface area contributed by atoms with Gasteiger partial charge in [-0.25, -0.2) is 9.78 Å². The lowest BCUT2D eigenvalue weighted by Gasteiger charge is -2.15. The van der Waals surface area contributed by atoms with Gasteiger partial charge in [0.2, 0.25) is 5.89 Å². The van der Waals surface area contributed by atoms with Gasteiger partial charge in [-0.3, -0.25) is 4.99 Å². The number of hydrogen-bond donors (Lipinski definition) is 0. The monoisotopic (exact) mass is 474 g/mol. The summed E-state index contributed by atoms with van der Waals surface area (Å²) in [5, 5.41) is 0. The summed E-state index contributed by atoms with van der Waals surface area (Å²) in [4.78, 5) is 22.5. The highest BCUT2D eigenvalue weighted by Crippen LogP contribution is 2.25. The minimum atomic E-state index is -0.685. The molecule has 0 radical (unpaired) electrons. The molecule has 0 aliphatic rings. The molecule has 1 atom stereocenters. The molecule has 36 heavy (non-hydrogen) atoms. The van der Waals surface area contributed by atoms with E-state index in [0.29, 0.717) is 18.9 Å². The van der Waals surface area contributed by atoms with E-state index in [2.05, 4.69) is 4.98 Å². The van der Waals surface area contributed by atoms with Crippen LogP contribution in [0.15, 0.2) is 119 Å². The number of benzene rings is 4. The van der Waals surface area contributed by atoms with E-state index in [1.54, 1.807) is 0 Å². The molecular formula is C31H26N2O3. The molecule has 5 aromatic rings. The van der Waals surface area contributed by atoms with Crippen molar-refractivity contribution in [3.05, 3.63) is 126 Å². The summed E-state index contributed by atoms with van der Waals surface area (Å²) in [6.07, 6.45) is 0.413. The molecule has 5 nitrogen and oxygen atoms in total. The van der Waals surface area contributed by atoms with Gasteiger partial charge in [0.05, 0.1) is 12.3 Å². The van der Waals surface area contributed by atoms with Crippen LogP contribution in [-0.4, -0.2) is 29.3 Å². The first kappa shape index (κ1) is 23.2. The number of oxazole rings is 1. The van der Waals surface area contributed by atoms with Crippen molar-refractivity contribution in [1.29, 1.82) is 0 Å². The van der Waals surface area contributed by atoms with E-state index in [1.807, 2.05) is 116 Å². The Labute approximate surface area is 210 Å². The summed E-state index contributed by atoms with van der Waals surface area (Å²) in [6.45, 7) is 2.11. The van der Waals surface area contributed by atoms with Crippen LogP contribution >= 0.6 is 0 Å². The van der Waals surface area contributed by atoms with Crippen LogP contribution in [0.3, 0.4) is 0 Å². The predicted octanol–water partition coefficient (Wildman–Crippen LogP) is 6.51. The highest BCUT2D eigenvalue weighted by atomic mass is 16.5. The van der Waals surface area contributed by atoms with Crippen LogP contribution in [0.25, 0.3) is 22.6 Å². The second-order valence-corrected chi connectivity index (χ2v) is 8.37. The number of ether oxygens (including phenoxy) is 1. The van der Waals surface area contributed by atoms with Crippen molar-refractivity contribution in [3.63, 3.8) is 0 Å². The number of carbonyl (C=O) groups excluding carboxylic acids is 1. The van der Waals surface area contributed by atoms with E-state index in [0.717, 1.165) is 39.1 Å². The lowest BCUT2D eigenvalue weighted by Crippen LogP contribution is -2.26. The zero-order valence-electron chi connectivity index (χ0n) is 20.0.